The average Bonchev–Trinajstić information content (AvgIpc) is 2.28. The number of rotatable bonds is 2. The number of hydrogen-bond donors (Lipinski definition) is 3. The van der Waals surface area contributed by atoms with E-state index in [-0.39, 0.29) is 0 Å². The predicted molar refractivity (Wildman–Crippen MR) is 66.5 cm³/mol. The summed E-state index contributed by atoms with van der Waals surface area (Å²) in [6.07, 6.45) is 1.71. The topological polar surface area (TPSA) is 92.4 Å². The van der Waals surface area contributed by atoms with Crippen molar-refractivity contribution < 1.29 is 4.79 Å². The van der Waals surface area contributed by atoms with E-state index < -0.39 is 11.6 Å². The summed E-state index contributed by atoms with van der Waals surface area (Å²) >= 11 is 0. The minimum atomic E-state index is -0.657. The van der Waals surface area contributed by atoms with Crippen molar-refractivity contribution in [2.45, 2.75) is 19.4 Å². The Bertz CT molecular complexity index is 413. The van der Waals surface area contributed by atoms with E-state index in [9.17, 15) is 4.79 Å². The summed E-state index contributed by atoms with van der Waals surface area (Å²) in [6.45, 7) is 3.87. The van der Waals surface area contributed by atoms with Crippen molar-refractivity contribution in [3.8, 4) is 0 Å². The Labute approximate surface area is 100 Å². The van der Waals surface area contributed by atoms with Crippen LogP contribution in [-0.4, -0.2) is 24.0 Å². The van der Waals surface area contributed by atoms with E-state index >= 15 is 0 Å². The molecular weight excluding hydrogens is 218 g/mol. The summed E-state index contributed by atoms with van der Waals surface area (Å²) in [5, 5.41) is 5.47. The van der Waals surface area contributed by atoms with Crippen molar-refractivity contribution in [3.05, 3.63) is 30.1 Å². The largest absolute Gasteiger partial charge is 0.351 e. The molecule has 0 bridgehead atoms. The fourth-order valence-electron chi connectivity index (χ4n) is 1.35. The minimum Gasteiger partial charge on any atom is -0.351 e. The van der Waals surface area contributed by atoms with Crippen LogP contribution in [0.15, 0.2) is 29.4 Å². The van der Waals surface area contributed by atoms with E-state index in [4.69, 9.17) is 5.73 Å². The van der Waals surface area contributed by atoms with Gasteiger partial charge in [-0.05, 0) is 26.0 Å². The zero-order chi connectivity index (χ0) is 12.9. The van der Waals surface area contributed by atoms with Gasteiger partial charge in [0.15, 0.2) is 5.96 Å². The molecule has 92 valence electrons. The molecule has 0 aromatic carbocycles. The van der Waals surface area contributed by atoms with Gasteiger partial charge in [0, 0.05) is 13.2 Å². The van der Waals surface area contributed by atoms with Gasteiger partial charge in [-0.1, -0.05) is 6.07 Å². The molecule has 6 heteroatoms. The predicted octanol–water partition coefficient (Wildman–Crippen LogP) is 0.560. The molecule has 0 fully saturated rings. The molecule has 0 atom stereocenters. The van der Waals surface area contributed by atoms with Gasteiger partial charge < -0.3 is 11.1 Å². The Morgan fingerprint density at radius 1 is 1.47 bits per heavy atom. The van der Waals surface area contributed by atoms with Crippen LogP contribution in [0.5, 0.6) is 0 Å². The number of amides is 2. The van der Waals surface area contributed by atoms with Crippen LogP contribution >= 0.6 is 0 Å². The highest BCUT2D eigenvalue weighted by atomic mass is 16.2. The molecule has 6 nitrogen and oxygen atoms in total. The van der Waals surface area contributed by atoms with E-state index in [2.05, 4.69) is 20.6 Å². The van der Waals surface area contributed by atoms with Gasteiger partial charge in [-0.2, -0.15) is 0 Å². The third kappa shape index (κ3) is 3.75. The molecule has 0 aliphatic heterocycles. The Morgan fingerprint density at radius 2 is 2.18 bits per heavy atom. The number of carbonyl (C=O) groups is 1. The summed E-state index contributed by atoms with van der Waals surface area (Å²) in [6, 6.07) is 4.98. The normalized spacial score (nSPS) is 12.1. The van der Waals surface area contributed by atoms with Crippen molar-refractivity contribution in [1.29, 1.82) is 0 Å². The van der Waals surface area contributed by atoms with Crippen LogP contribution in [0, 0.1) is 0 Å². The number of urea groups is 1. The number of aliphatic imine (C=N–C) groups is 1. The fraction of sp³-hybridized carbons (Fsp3) is 0.364. The Morgan fingerprint density at radius 3 is 2.65 bits per heavy atom. The number of pyridine rings is 1. The standard InChI is InChI=1S/C11H17N5O/c1-11(2,8-6-4-5-7-14-8)16-10(13-3)15-9(12)17/h4-7H,1-3H3,(H4,12,13,15,16,17). The molecule has 4 N–H and O–H groups in total. The number of primary amides is 1. The molecule has 1 rings (SSSR count). The van der Waals surface area contributed by atoms with E-state index in [0.717, 1.165) is 5.69 Å². The highest BCUT2D eigenvalue weighted by Crippen LogP contribution is 2.16. The van der Waals surface area contributed by atoms with Crippen LogP contribution < -0.4 is 16.4 Å². The molecule has 1 heterocycles. The number of nitrogens with one attached hydrogen (secondary N) is 2. The molecule has 0 radical (unpaired) electrons. The van der Waals surface area contributed by atoms with Crippen molar-refractivity contribution in [3.63, 3.8) is 0 Å². The third-order valence-corrected chi connectivity index (χ3v) is 2.20. The highest BCUT2D eigenvalue weighted by Gasteiger charge is 2.23. The van der Waals surface area contributed by atoms with E-state index in [1.54, 1.807) is 13.2 Å². The third-order valence-electron chi connectivity index (χ3n) is 2.20. The number of nitrogens with two attached hydrogens (primary N) is 1. The number of guanidine groups is 1. The van der Waals surface area contributed by atoms with Crippen molar-refractivity contribution in [2.75, 3.05) is 7.05 Å². The summed E-state index contributed by atoms with van der Waals surface area (Å²) in [7, 11) is 1.56. The molecule has 17 heavy (non-hydrogen) atoms. The molecule has 0 saturated heterocycles. The maximum atomic E-state index is 10.8. The summed E-state index contributed by atoms with van der Waals surface area (Å²) in [5.74, 6) is 0.313. The Balaban J connectivity index is 2.82. The van der Waals surface area contributed by atoms with Gasteiger partial charge in [0.2, 0.25) is 0 Å². The Kier molecular flexibility index (Phi) is 4.03. The van der Waals surface area contributed by atoms with E-state index in [1.165, 1.54) is 0 Å². The highest BCUT2D eigenvalue weighted by molar-refractivity contribution is 5.95. The van der Waals surface area contributed by atoms with Gasteiger partial charge >= 0.3 is 6.03 Å². The molecule has 1 aromatic rings. The molecule has 0 unspecified atom stereocenters. The van der Waals surface area contributed by atoms with Crippen LogP contribution in [0.3, 0.4) is 0 Å². The zero-order valence-corrected chi connectivity index (χ0v) is 10.2. The van der Waals surface area contributed by atoms with Crippen LogP contribution in [0.4, 0.5) is 4.79 Å². The van der Waals surface area contributed by atoms with Gasteiger partial charge in [-0.25, -0.2) is 4.79 Å². The molecule has 0 aliphatic rings. The lowest BCUT2D eigenvalue weighted by molar-refractivity contribution is 0.252. The van der Waals surface area contributed by atoms with Gasteiger partial charge in [0.25, 0.3) is 0 Å². The Hall–Kier alpha value is -2.11. The first-order valence-corrected chi connectivity index (χ1v) is 5.18. The SMILES string of the molecule is CN=C(NC(N)=O)NC(C)(C)c1ccccn1. The van der Waals surface area contributed by atoms with Crippen LogP contribution in [-0.2, 0) is 5.54 Å². The van der Waals surface area contributed by atoms with Gasteiger partial charge in [0.1, 0.15) is 0 Å². The first-order chi connectivity index (χ1) is 7.95. The van der Waals surface area contributed by atoms with Crippen LogP contribution in [0.25, 0.3) is 0 Å². The molecule has 0 saturated carbocycles. The zero-order valence-electron chi connectivity index (χ0n) is 10.2. The lowest BCUT2D eigenvalue weighted by Crippen LogP contribution is -2.50. The van der Waals surface area contributed by atoms with Gasteiger partial charge in [0.05, 0.1) is 11.2 Å². The minimum absolute atomic E-state index is 0.313. The molecule has 1 aromatic heterocycles. The first kappa shape index (κ1) is 13.0. The average molecular weight is 235 g/mol. The van der Waals surface area contributed by atoms with Crippen molar-refractivity contribution in [2.24, 2.45) is 10.7 Å². The molecule has 0 aliphatic carbocycles. The molecular formula is C11H17N5O. The van der Waals surface area contributed by atoms with E-state index in [1.807, 2.05) is 32.0 Å². The van der Waals surface area contributed by atoms with Crippen LogP contribution in [0.1, 0.15) is 19.5 Å². The maximum Gasteiger partial charge on any atom is 0.318 e. The maximum absolute atomic E-state index is 10.8. The van der Waals surface area contributed by atoms with E-state index in [0.29, 0.717) is 5.96 Å². The smallest absolute Gasteiger partial charge is 0.318 e. The van der Waals surface area contributed by atoms with Crippen LogP contribution in [0.2, 0.25) is 0 Å². The summed E-state index contributed by atoms with van der Waals surface area (Å²) < 4.78 is 0. The molecule has 0 spiro atoms. The number of hydrogen-bond acceptors (Lipinski definition) is 3. The monoisotopic (exact) mass is 235 g/mol. The fourth-order valence-corrected chi connectivity index (χ4v) is 1.35. The lowest BCUT2D eigenvalue weighted by Gasteiger charge is -2.27. The lowest BCUT2D eigenvalue weighted by atomic mass is 10.0. The second kappa shape index (κ2) is 5.29. The van der Waals surface area contributed by atoms with Crippen molar-refractivity contribution >= 4 is 12.0 Å². The second-order valence-electron chi connectivity index (χ2n) is 4.03. The molecule has 2 amide bonds. The number of carbonyl (C=O) groups excluding carboxylic acids is 1. The summed E-state index contributed by atoms with van der Waals surface area (Å²) in [4.78, 5) is 18.9. The quantitative estimate of drug-likeness (QED) is 0.516. The first-order valence-electron chi connectivity index (χ1n) is 5.18. The van der Waals surface area contributed by atoms with Gasteiger partial charge in [-0.3, -0.25) is 15.3 Å². The second-order valence-corrected chi connectivity index (χ2v) is 4.03. The van der Waals surface area contributed by atoms with Gasteiger partial charge in [-0.15, -0.1) is 0 Å². The van der Waals surface area contributed by atoms with Crippen molar-refractivity contribution in [1.82, 2.24) is 15.6 Å². The summed E-state index contributed by atoms with van der Waals surface area (Å²) in [5.41, 5.74) is 5.42. The number of aromatic nitrogens is 1. The number of nitrogens with zero attached hydrogens (tertiary/aromatic N) is 2.